The number of aliphatic hydroxyl groups is 1. The van der Waals surface area contributed by atoms with Crippen molar-refractivity contribution in [1.29, 1.82) is 5.26 Å². The van der Waals surface area contributed by atoms with Crippen molar-refractivity contribution in [2.75, 3.05) is 6.54 Å². The molecule has 0 saturated heterocycles. The largest absolute Gasteiger partial charge is 0.481 e. The maximum atomic E-state index is 12.0. The quantitative estimate of drug-likeness (QED) is 0.837. The lowest BCUT2D eigenvalue weighted by Gasteiger charge is -2.28. The van der Waals surface area contributed by atoms with Crippen molar-refractivity contribution in [3.8, 4) is 11.8 Å². The average molecular weight is 290 g/mol. The van der Waals surface area contributed by atoms with Gasteiger partial charge >= 0.3 is 0 Å². The number of nitriles is 1. The Morgan fingerprint density at radius 3 is 2.71 bits per heavy atom. The van der Waals surface area contributed by atoms with Gasteiger partial charge in [-0.05, 0) is 38.0 Å². The van der Waals surface area contributed by atoms with Gasteiger partial charge in [-0.15, -0.1) is 0 Å². The Kier molecular flexibility index (Phi) is 5.74. The Hall–Kier alpha value is -2.06. The van der Waals surface area contributed by atoms with Gasteiger partial charge in [0.05, 0.1) is 17.2 Å². The molecule has 1 rings (SSSR count). The van der Waals surface area contributed by atoms with Crippen LogP contribution in [0.1, 0.15) is 33.3 Å². The van der Waals surface area contributed by atoms with Crippen LogP contribution in [0.2, 0.25) is 0 Å². The van der Waals surface area contributed by atoms with Crippen LogP contribution in [-0.4, -0.2) is 29.3 Å². The van der Waals surface area contributed by atoms with Gasteiger partial charge in [0, 0.05) is 6.54 Å². The van der Waals surface area contributed by atoms with Gasteiger partial charge in [0.2, 0.25) is 0 Å². The van der Waals surface area contributed by atoms with E-state index in [-0.39, 0.29) is 18.4 Å². The van der Waals surface area contributed by atoms with E-state index in [4.69, 9.17) is 10.00 Å². The van der Waals surface area contributed by atoms with Gasteiger partial charge < -0.3 is 15.2 Å². The molecule has 0 spiro atoms. The van der Waals surface area contributed by atoms with Crippen molar-refractivity contribution in [2.24, 2.45) is 5.92 Å². The van der Waals surface area contributed by atoms with Gasteiger partial charge in [-0.25, -0.2) is 0 Å². The van der Waals surface area contributed by atoms with Gasteiger partial charge in [-0.2, -0.15) is 5.26 Å². The van der Waals surface area contributed by atoms with Crippen molar-refractivity contribution in [3.05, 3.63) is 29.8 Å². The minimum absolute atomic E-state index is 0.0290. The summed E-state index contributed by atoms with van der Waals surface area (Å²) in [6, 6.07) is 8.64. The van der Waals surface area contributed by atoms with E-state index in [1.54, 1.807) is 38.1 Å². The van der Waals surface area contributed by atoms with Crippen LogP contribution in [0.25, 0.3) is 0 Å². The molecule has 0 bridgehead atoms. The fourth-order valence-corrected chi connectivity index (χ4v) is 1.51. The van der Waals surface area contributed by atoms with Crippen LogP contribution in [0.3, 0.4) is 0 Å². The van der Waals surface area contributed by atoms with Crippen LogP contribution in [0, 0.1) is 17.2 Å². The zero-order valence-electron chi connectivity index (χ0n) is 12.9. The van der Waals surface area contributed by atoms with E-state index in [1.165, 1.54) is 0 Å². The van der Waals surface area contributed by atoms with Crippen LogP contribution in [0.4, 0.5) is 0 Å². The highest BCUT2D eigenvalue weighted by Crippen LogP contribution is 2.16. The first-order chi connectivity index (χ1) is 9.76. The zero-order chi connectivity index (χ0) is 16.0. The van der Waals surface area contributed by atoms with Gasteiger partial charge in [0.25, 0.3) is 5.91 Å². The summed E-state index contributed by atoms with van der Waals surface area (Å²) in [5.74, 6) is 0.187. The summed E-state index contributed by atoms with van der Waals surface area (Å²) in [6.07, 6.45) is -0.707. The Bertz CT molecular complexity index is 533. The predicted molar refractivity (Wildman–Crippen MR) is 79.7 cm³/mol. The number of carbonyl (C=O) groups excluding carboxylic acids is 1. The molecule has 2 N–H and O–H groups in total. The minimum Gasteiger partial charge on any atom is -0.481 e. The predicted octanol–water partition coefficient (Wildman–Crippen LogP) is 1.85. The van der Waals surface area contributed by atoms with Gasteiger partial charge in [-0.1, -0.05) is 19.9 Å². The molecule has 0 aliphatic carbocycles. The molecule has 0 aromatic heterocycles. The molecule has 1 amide bonds. The highest BCUT2D eigenvalue weighted by atomic mass is 16.5. The number of hydrogen-bond acceptors (Lipinski definition) is 4. The number of amides is 1. The number of benzene rings is 1. The smallest absolute Gasteiger partial charge is 0.260 e. The standard InChI is InChI=1S/C16H22N2O3/c1-11(2)16(4,20)10-18-15(19)12(3)21-14-7-5-6-13(8-14)9-17/h5-8,11-12,20H,10H2,1-4H3,(H,18,19). The SMILES string of the molecule is CC(Oc1cccc(C#N)c1)C(=O)NCC(C)(O)C(C)C. The fraction of sp³-hybridized carbons (Fsp3) is 0.500. The molecule has 114 valence electrons. The molecule has 5 heteroatoms. The lowest BCUT2D eigenvalue weighted by molar-refractivity contribution is -0.128. The number of ether oxygens (including phenoxy) is 1. The first kappa shape index (κ1) is 17.0. The van der Waals surface area contributed by atoms with E-state index in [2.05, 4.69) is 5.32 Å². The Morgan fingerprint density at radius 1 is 1.48 bits per heavy atom. The van der Waals surface area contributed by atoms with E-state index < -0.39 is 11.7 Å². The van der Waals surface area contributed by atoms with Crippen LogP contribution in [0.5, 0.6) is 5.75 Å². The highest BCUT2D eigenvalue weighted by Gasteiger charge is 2.26. The molecule has 0 aliphatic rings. The van der Waals surface area contributed by atoms with Crippen molar-refractivity contribution < 1.29 is 14.6 Å². The maximum Gasteiger partial charge on any atom is 0.260 e. The van der Waals surface area contributed by atoms with Gasteiger partial charge in [-0.3, -0.25) is 4.79 Å². The number of nitrogens with zero attached hydrogens (tertiary/aromatic N) is 1. The summed E-state index contributed by atoms with van der Waals surface area (Å²) in [7, 11) is 0. The second kappa shape index (κ2) is 7.09. The van der Waals surface area contributed by atoms with E-state index in [0.29, 0.717) is 11.3 Å². The topological polar surface area (TPSA) is 82.3 Å². The molecule has 5 nitrogen and oxygen atoms in total. The monoisotopic (exact) mass is 290 g/mol. The van der Waals surface area contributed by atoms with Crippen molar-refractivity contribution in [1.82, 2.24) is 5.32 Å². The fourth-order valence-electron chi connectivity index (χ4n) is 1.51. The molecule has 1 aromatic carbocycles. The lowest BCUT2D eigenvalue weighted by atomic mass is 9.92. The Morgan fingerprint density at radius 2 is 2.14 bits per heavy atom. The first-order valence-electron chi connectivity index (χ1n) is 6.93. The van der Waals surface area contributed by atoms with Crippen molar-refractivity contribution in [3.63, 3.8) is 0 Å². The van der Waals surface area contributed by atoms with Crippen LogP contribution in [-0.2, 0) is 4.79 Å². The summed E-state index contributed by atoms with van der Waals surface area (Å²) in [4.78, 5) is 12.0. The Balaban J connectivity index is 2.57. The normalized spacial score (nSPS) is 14.9. The van der Waals surface area contributed by atoms with Crippen LogP contribution in [0.15, 0.2) is 24.3 Å². The van der Waals surface area contributed by atoms with Crippen molar-refractivity contribution >= 4 is 5.91 Å². The molecule has 0 aliphatic heterocycles. The third-order valence-corrected chi connectivity index (χ3v) is 3.51. The van der Waals surface area contributed by atoms with Gasteiger partial charge in [0.15, 0.2) is 6.10 Å². The summed E-state index contributed by atoms with van der Waals surface area (Å²) in [5, 5.41) is 21.6. The molecule has 2 unspecified atom stereocenters. The molecular formula is C16H22N2O3. The lowest BCUT2D eigenvalue weighted by Crippen LogP contribution is -2.47. The highest BCUT2D eigenvalue weighted by molar-refractivity contribution is 5.80. The number of nitrogens with one attached hydrogen (secondary N) is 1. The molecule has 0 heterocycles. The van der Waals surface area contributed by atoms with E-state index in [0.717, 1.165) is 0 Å². The molecule has 0 radical (unpaired) electrons. The first-order valence-corrected chi connectivity index (χ1v) is 6.93. The second-order valence-corrected chi connectivity index (χ2v) is 5.63. The third-order valence-electron chi connectivity index (χ3n) is 3.51. The molecule has 2 atom stereocenters. The Labute approximate surface area is 125 Å². The van der Waals surface area contributed by atoms with Gasteiger partial charge in [0.1, 0.15) is 5.75 Å². The second-order valence-electron chi connectivity index (χ2n) is 5.63. The summed E-state index contributed by atoms with van der Waals surface area (Å²) < 4.78 is 5.50. The van der Waals surface area contributed by atoms with Crippen LogP contribution >= 0.6 is 0 Å². The zero-order valence-corrected chi connectivity index (χ0v) is 12.9. The average Bonchev–Trinajstić information content (AvgIpc) is 2.44. The third kappa shape index (κ3) is 5.09. The number of carbonyl (C=O) groups is 1. The summed E-state index contributed by atoms with van der Waals surface area (Å²) in [6.45, 7) is 7.24. The van der Waals surface area contributed by atoms with E-state index in [9.17, 15) is 9.90 Å². The van der Waals surface area contributed by atoms with Crippen molar-refractivity contribution in [2.45, 2.75) is 39.4 Å². The molecule has 0 fully saturated rings. The van der Waals surface area contributed by atoms with E-state index >= 15 is 0 Å². The number of rotatable bonds is 6. The summed E-state index contributed by atoms with van der Waals surface area (Å²) in [5.41, 5.74) is -0.487. The van der Waals surface area contributed by atoms with E-state index in [1.807, 2.05) is 19.9 Å². The molecule has 1 aromatic rings. The minimum atomic E-state index is -0.962. The molecule has 0 saturated carbocycles. The number of hydrogen-bond donors (Lipinski definition) is 2. The molecule has 21 heavy (non-hydrogen) atoms. The van der Waals surface area contributed by atoms with Crippen LogP contribution < -0.4 is 10.1 Å². The molecular weight excluding hydrogens is 268 g/mol. The summed E-state index contributed by atoms with van der Waals surface area (Å²) >= 11 is 0. The maximum absolute atomic E-state index is 12.0.